The van der Waals surface area contributed by atoms with Gasteiger partial charge >= 0.3 is 6.03 Å². The van der Waals surface area contributed by atoms with Crippen LogP contribution in [0.5, 0.6) is 5.75 Å². The maximum absolute atomic E-state index is 14.0. The van der Waals surface area contributed by atoms with Crippen LogP contribution in [0.2, 0.25) is 0 Å². The molecule has 2 aromatic rings. The summed E-state index contributed by atoms with van der Waals surface area (Å²) in [6.45, 7) is 2.16. The summed E-state index contributed by atoms with van der Waals surface area (Å²) >= 11 is 0. The molecule has 0 radical (unpaired) electrons. The van der Waals surface area contributed by atoms with Crippen LogP contribution in [-0.4, -0.2) is 30.1 Å². The summed E-state index contributed by atoms with van der Waals surface area (Å²) < 4.78 is 19.2. The van der Waals surface area contributed by atoms with Crippen molar-refractivity contribution in [3.05, 3.63) is 59.7 Å². The molecule has 1 aromatic carbocycles. The molecule has 0 aliphatic heterocycles. The van der Waals surface area contributed by atoms with Gasteiger partial charge in [0.1, 0.15) is 11.6 Å². The van der Waals surface area contributed by atoms with Crippen LogP contribution in [0.15, 0.2) is 42.7 Å². The minimum Gasteiger partial charge on any atom is -0.496 e. The highest BCUT2D eigenvalue weighted by Crippen LogP contribution is 2.27. The number of urea groups is 1. The SMILES string of the molecule is COc1cccc(F)c1[C@H](C)NC(=O)N(C)Cc1ccncc1. The zero-order valence-electron chi connectivity index (χ0n) is 13.4. The first kappa shape index (κ1) is 16.7. The van der Waals surface area contributed by atoms with Crippen LogP contribution in [0.25, 0.3) is 0 Å². The van der Waals surface area contributed by atoms with Crippen molar-refractivity contribution in [1.82, 2.24) is 15.2 Å². The molecule has 0 fully saturated rings. The van der Waals surface area contributed by atoms with Crippen molar-refractivity contribution >= 4 is 6.03 Å². The molecule has 1 heterocycles. The van der Waals surface area contributed by atoms with E-state index in [9.17, 15) is 9.18 Å². The van der Waals surface area contributed by atoms with Crippen LogP contribution in [-0.2, 0) is 6.54 Å². The summed E-state index contributed by atoms with van der Waals surface area (Å²) in [5.41, 5.74) is 1.30. The molecule has 23 heavy (non-hydrogen) atoms. The third-order valence-corrected chi connectivity index (χ3v) is 3.52. The summed E-state index contributed by atoms with van der Waals surface area (Å²) in [6.07, 6.45) is 3.35. The van der Waals surface area contributed by atoms with E-state index >= 15 is 0 Å². The Hall–Kier alpha value is -2.63. The summed E-state index contributed by atoms with van der Waals surface area (Å²) in [7, 11) is 3.16. The Labute approximate surface area is 135 Å². The van der Waals surface area contributed by atoms with Gasteiger partial charge in [0.05, 0.1) is 18.7 Å². The van der Waals surface area contributed by atoms with Crippen LogP contribution in [0.3, 0.4) is 0 Å². The Morgan fingerprint density at radius 1 is 1.35 bits per heavy atom. The van der Waals surface area contributed by atoms with Gasteiger partial charge in [0.25, 0.3) is 0 Å². The molecular weight excluding hydrogens is 297 g/mol. The van der Waals surface area contributed by atoms with Gasteiger partial charge in [0.15, 0.2) is 0 Å². The quantitative estimate of drug-likeness (QED) is 0.922. The van der Waals surface area contributed by atoms with Gasteiger partial charge in [-0.05, 0) is 36.8 Å². The van der Waals surface area contributed by atoms with Crippen molar-refractivity contribution in [2.75, 3.05) is 14.2 Å². The number of aromatic nitrogens is 1. The summed E-state index contributed by atoms with van der Waals surface area (Å²) in [5.74, 6) is 0.00326. The molecule has 2 amide bonds. The average Bonchev–Trinajstić information content (AvgIpc) is 2.55. The number of pyridine rings is 1. The third-order valence-electron chi connectivity index (χ3n) is 3.52. The van der Waals surface area contributed by atoms with Crippen LogP contribution < -0.4 is 10.1 Å². The second-order valence-corrected chi connectivity index (χ2v) is 5.24. The number of amides is 2. The standard InChI is InChI=1S/C17H20FN3O2/c1-12(16-14(18)5-4-6-15(16)23-3)20-17(22)21(2)11-13-7-9-19-10-8-13/h4-10,12H,11H2,1-3H3,(H,20,22)/t12-/m0/s1. The lowest BCUT2D eigenvalue weighted by atomic mass is 10.1. The maximum atomic E-state index is 14.0. The van der Waals surface area contributed by atoms with Gasteiger partial charge < -0.3 is 15.0 Å². The first-order valence-electron chi connectivity index (χ1n) is 7.26. The van der Waals surface area contributed by atoms with Gasteiger partial charge in [-0.1, -0.05) is 6.07 Å². The van der Waals surface area contributed by atoms with Crippen molar-refractivity contribution in [3.63, 3.8) is 0 Å². The second kappa shape index (κ2) is 7.58. The number of ether oxygens (including phenoxy) is 1. The molecule has 6 heteroatoms. The molecule has 0 unspecified atom stereocenters. The second-order valence-electron chi connectivity index (χ2n) is 5.24. The Bertz CT molecular complexity index is 664. The van der Waals surface area contributed by atoms with Crippen LogP contribution in [0.4, 0.5) is 9.18 Å². The maximum Gasteiger partial charge on any atom is 0.317 e. The molecule has 0 saturated carbocycles. The van der Waals surface area contributed by atoms with Crippen molar-refractivity contribution in [2.45, 2.75) is 19.5 Å². The minimum absolute atomic E-state index is 0.292. The van der Waals surface area contributed by atoms with E-state index in [1.165, 1.54) is 18.1 Å². The zero-order chi connectivity index (χ0) is 16.8. The van der Waals surface area contributed by atoms with Gasteiger partial charge in [-0.15, -0.1) is 0 Å². The minimum atomic E-state index is -0.515. The van der Waals surface area contributed by atoms with Gasteiger partial charge in [-0.25, -0.2) is 9.18 Å². The monoisotopic (exact) mass is 317 g/mol. The van der Waals surface area contributed by atoms with E-state index in [0.29, 0.717) is 17.9 Å². The van der Waals surface area contributed by atoms with Gasteiger partial charge in [-0.3, -0.25) is 4.98 Å². The molecule has 122 valence electrons. The van der Waals surface area contributed by atoms with Crippen LogP contribution in [0.1, 0.15) is 24.1 Å². The highest BCUT2D eigenvalue weighted by Gasteiger charge is 2.20. The van der Waals surface area contributed by atoms with Crippen molar-refractivity contribution < 1.29 is 13.9 Å². The largest absolute Gasteiger partial charge is 0.496 e. The van der Waals surface area contributed by atoms with E-state index in [0.717, 1.165) is 5.56 Å². The molecule has 0 spiro atoms. The molecule has 0 aliphatic carbocycles. The van der Waals surface area contributed by atoms with Crippen molar-refractivity contribution in [3.8, 4) is 5.75 Å². The van der Waals surface area contributed by atoms with Gasteiger partial charge in [0.2, 0.25) is 0 Å². The molecule has 0 bridgehead atoms. The molecule has 0 saturated heterocycles. The summed E-state index contributed by atoms with van der Waals surface area (Å²) in [4.78, 5) is 17.7. The van der Waals surface area contributed by atoms with E-state index in [1.54, 1.807) is 38.5 Å². The van der Waals surface area contributed by atoms with E-state index in [4.69, 9.17) is 4.74 Å². The number of benzene rings is 1. The topological polar surface area (TPSA) is 54.5 Å². The lowest BCUT2D eigenvalue weighted by Gasteiger charge is -2.23. The van der Waals surface area contributed by atoms with Crippen LogP contribution in [0, 0.1) is 5.82 Å². The Balaban J connectivity index is 2.05. The third kappa shape index (κ3) is 4.18. The molecule has 1 N–H and O–H groups in total. The van der Waals surface area contributed by atoms with Crippen LogP contribution >= 0.6 is 0 Å². The lowest BCUT2D eigenvalue weighted by Crippen LogP contribution is -2.38. The molecular formula is C17H20FN3O2. The Morgan fingerprint density at radius 3 is 2.70 bits per heavy atom. The van der Waals surface area contributed by atoms with Crippen molar-refractivity contribution in [1.29, 1.82) is 0 Å². The van der Waals surface area contributed by atoms with Crippen molar-refractivity contribution in [2.24, 2.45) is 0 Å². The predicted octanol–water partition coefficient (Wildman–Crippen LogP) is 3.13. The number of halogens is 1. The Kier molecular flexibility index (Phi) is 5.51. The van der Waals surface area contributed by atoms with Gasteiger partial charge in [-0.2, -0.15) is 0 Å². The first-order valence-corrected chi connectivity index (χ1v) is 7.26. The molecule has 2 rings (SSSR count). The molecule has 0 aliphatic rings. The highest BCUT2D eigenvalue weighted by molar-refractivity contribution is 5.74. The zero-order valence-corrected chi connectivity index (χ0v) is 13.4. The number of hydrogen-bond acceptors (Lipinski definition) is 3. The predicted molar refractivity (Wildman–Crippen MR) is 85.6 cm³/mol. The number of carbonyl (C=O) groups excluding carboxylic acids is 1. The van der Waals surface area contributed by atoms with E-state index in [2.05, 4.69) is 10.3 Å². The number of carbonyl (C=O) groups is 1. The lowest BCUT2D eigenvalue weighted by molar-refractivity contribution is 0.203. The number of rotatable bonds is 5. The number of hydrogen-bond donors (Lipinski definition) is 1. The summed E-state index contributed by atoms with van der Waals surface area (Å²) in [6, 6.07) is 7.46. The van der Waals surface area contributed by atoms with E-state index in [1.807, 2.05) is 12.1 Å². The van der Waals surface area contributed by atoms with E-state index in [-0.39, 0.29) is 6.03 Å². The smallest absolute Gasteiger partial charge is 0.317 e. The molecule has 1 atom stereocenters. The fourth-order valence-electron chi connectivity index (χ4n) is 2.32. The highest BCUT2D eigenvalue weighted by atomic mass is 19.1. The molecule has 5 nitrogen and oxygen atoms in total. The normalized spacial score (nSPS) is 11.7. The first-order chi connectivity index (χ1) is 11.0. The molecule has 1 aromatic heterocycles. The fourth-order valence-corrected chi connectivity index (χ4v) is 2.32. The fraction of sp³-hybridized carbons (Fsp3) is 0.294. The number of methoxy groups -OCH3 is 1. The Morgan fingerprint density at radius 2 is 2.04 bits per heavy atom. The van der Waals surface area contributed by atoms with E-state index < -0.39 is 11.9 Å². The van der Waals surface area contributed by atoms with Gasteiger partial charge in [0, 0.05) is 26.0 Å². The number of nitrogens with one attached hydrogen (secondary N) is 1. The summed E-state index contributed by atoms with van der Waals surface area (Å²) in [5, 5.41) is 2.78. The number of nitrogens with zero attached hydrogens (tertiary/aromatic N) is 2. The average molecular weight is 317 g/mol.